The predicted octanol–water partition coefficient (Wildman–Crippen LogP) is 4.31. The Labute approximate surface area is 124 Å². The summed E-state index contributed by atoms with van der Waals surface area (Å²) in [5.74, 6) is 0.924. The summed E-state index contributed by atoms with van der Waals surface area (Å²) in [5, 5.41) is 5.26. The first-order valence-electron chi connectivity index (χ1n) is 7.32. The van der Waals surface area contributed by atoms with Crippen LogP contribution in [0.4, 0.5) is 0 Å². The molecule has 3 rings (SSSR count). The fraction of sp³-hybridized carbons (Fsp3) is 0.500. The molecule has 1 aromatic heterocycles. The molecule has 1 N–H and O–H groups in total. The lowest BCUT2D eigenvalue weighted by Gasteiger charge is -2.22. The zero-order valence-corrected chi connectivity index (χ0v) is 12.5. The molecular weight excluding hydrogens is 274 g/mol. The summed E-state index contributed by atoms with van der Waals surface area (Å²) in [5.41, 5.74) is 0.769. The van der Waals surface area contributed by atoms with Gasteiger partial charge in [-0.2, -0.15) is 0 Å². The van der Waals surface area contributed by atoms with Crippen LogP contribution in [0.2, 0.25) is 5.02 Å². The topological polar surface area (TPSA) is 34.4 Å². The minimum Gasteiger partial charge on any atom is -0.458 e. The highest BCUT2D eigenvalue weighted by atomic mass is 35.5. The summed E-state index contributed by atoms with van der Waals surface area (Å²) in [4.78, 5) is 0. The number of benzene rings is 1. The summed E-state index contributed by atoms with van der Waals surface area (Å²) < 4.78 is 11.8. The van der Waals surface area contributed by atoms with Gasteiger partial charge in [0, 0.05) is 12.0 Å². The molecule has 20 heavy (non-hydrogen) atoms. The molecule has 1 aliphatic heterocycles. The number of fused-ring (bicyclic) bond motifs is 1. The maximum absolute atomic E-state index is 6.19. The normalized spacial score (nSPS) is 20.6. The zero-order valence-electron chi connectivity index (χ0n) is 11.7. The van der Waals surface area contributed by atoms with Crippen LogP contribution in [0.3, 0.4) is 0 Å². The number of nitrogens with one attached hydrogen (secondary N) is 1. The standard InChI is InChI=1S/C16H20ClNO2/c1-2-8-18-15(13-7-4-9-19-13)14-10-11-5-3-6-12(17)16(11)20-14/h3,5-6,10,13,15,18H,2,4,7-9H2,1H3. The Bertz CT molecular complexity index is 575. The molecule has 1 fully saturated rings. The number of hydrogen-bond donors (Lipinski definition) is 1. The molecule has 1 aromatic carbocycles. The molecule has 2 heterocycles. The van der Waals surface area contributed by atoms with Crippen LogP contribution in [0.1, 0.15) is 38.0 Å². The molecule has 2 atom stereocenters. The quantitative estimate of drug-likeness (QED) is 0.892. The molecule has 0 aliphatic carbocycles. The molecule has 0 bridgehead atoms. The monoisotopic (exact) mass is 293 g/mol. The van der Waals surface area contributed by atoms with E-state index in [1.165, 1.54) is 0 Å². The Morgan fingerprint density at radius 2 is 2.35 bits per heavy atom. The van der Waals surface area contributed by atoms with Gasteiger partial charge in [0.2, 0.25) is 0 Å². The van der Waals surface area contributed by atoms with E-state index in [0.29, 0.717) is 5.02 Å². The van der Waals surface area contributed by atoms with Crippen molar-refractivity contribution in [1.82, 2.24) is 5.32 Å². The molecule has 2 aromatic rings. The predicted molar refractivity (Wildman–Crippen MR) is 81.2 cm³/mol. The molecule has 108 valence electrons. The van der Waals surface area contributed by atoms with Crippen molar-refractivity contribution in [2.75, 3.05) is 13.2 Å². The van der Waals surface area contributed by atoms with Gasteiger partial charge in [-0.1, -0.05) is 30.7 Å². The maximum atomic E-state index is 6.19. The van der Waals surface area contributed by atoms with Gasteiger partial charge in [0.25, 0.3) is 0 Å². The number of rotatable bonds is 5. The second-order valence-corrected chi connectivity index (χ2v) is 5.70. The summed E-state index contributed by atoms with van der Waals surface area (Å²) in [6, 6.07) is 8.03. The average Bonchev–Trinajstić information content (AvgIpc) is 3.09. The summed E-state index contributed by atoms with van der Waals surface area (Å²) >= 11 is 6.19. The van der Waals surface area contributed by atoms with E-state index in [0.717, 1.165) is 49.1 Å². The highest BCUT2D eigenvalue weighted by Crippen LogP contribution is 2.33. The van der Waals surface area contributed by atoms with Gasteiger partial charge >= 0.3 is 0 Å². The first-order valence-corrected chi connectivity index (χ1v) is 7.70. The SMILES string of the molecule is CCCNC(c1cc2cccc(Cl)c2o1)C1CCCO1. The van der Waals surface area contributed by atoms with Gasteiger partial charge < -0.3 is 14.5 Å². The van der Waals surface area contributed by atoms with Gasteiger partial charge in [-0.15, -0.1) is 0 Å². The Morgan fingerprint density at radius 1 is 1.45 bits per heavy atom. The lowest BCUT2D eigenvalue weighted by atomic mass is 10.0. The van der Waals surface area contributed by atoms with Crippen LogP contribution in [0.5, 0.6) is 0 Å². The van der Waals surface area contributed by atoms with Crippen molar-refractivity contribution in [2.45, 2.75) is 38.3 Å². The Morgan fingerprint density at radius 3 is 3.05 bits per heavy atom. The maximum Gasteiger partial charge on any atom is 0.152 e. The number of para-hydroxylation sites is 1. The molecule has 0 saturated carbocycles. The Hall–Kier alpha value is -1.03. The van der Waals surface area contributed by atoms with E-state index in [-0.39, 0.29) is 12.1 Å². The van der Waals surface area contributed by atoms with Gasteiger partial charge in [0.05, 0.1) is 17.2 Å². The van der Waals surface area contributed by atoms with Gasteiger partial charge in [-0.3, -0.25) is 0 Å². The van der Waals surface area contributed by atoms with E-state index in [4.69, 9.17) is 20.8 Å². The number of halogens is 1. The van der Waals surface area contributed by atoms with Crippen molar-refractivity contribution in [3.8, 4) is 0 Å². The van der Waals surface area contributed by atoms with Crippen LogP contribution >= 0.6 is 11.6 Å². The molecule has 1 saturated heterocycles. The molecule has 4 heteroatoms. The zero-order chi connectivity index (χ0) is 13.9. The van der Waals surface area contributed by atoms with Crippen molar-refractivity contribution in [3.05, 3.63) is 35.0 Å². The van der Waals surface area contributed by atoms with Crippen LogP contribution in [0, 0.1) is 0 Å². The van der Waals surface area contributed by atoms with E-state index < -0.39 is 0 Å². The highest BCUT2D eigenvalue weighted by molar-refractivity contribution is 6.34. The third-order valence-corrected chi connectivity index (χ3v) is 4.07. The van der Waals surface area contributed by atoms with Crippen LogP contribution in [0.15, 0.2) is 28.7 Å². The molecule has 1 aliphatic rings. The first kappa shape index (κ1) is 13.9. The second kappa shape index (κ2) is 6.17. The number of furan rings is 1. The molecule has 3 nitrogen and oxygen atoms in total. The van der Waals surface area contributed by atoms with Gasteiger partial charge in [-0.25, -0.2) is 0 Å². The number of ether oxygens (including phenoxy) is 1. The van der Waals surface area contributed by atoms with Crippen molar-refractivity contribution >= 4 is 22.6 Å². The van der Waals surface area contributed by atoms with Crippen LogP contribution < -0.4 is 5.32 Å². The summed E-state index contributed by atoms with van der Waals surface area (Å²) in [6.07, 6.45) is 3.48. The fourth-order valence-electron chi connectivity index (χ4n) is 2.78. The summed E-state index contributed by atoms with van der Waals surface area (Å²) in [6.45, 7) is 3.96. The minimum atomic E-state index is 0.112. The molecule has 0 spiro atoms. The van der Waals surface area contributed by atoms with Crippen LogP contribution in [-0.4, -0.2) is 19.3 Å². The first-order chi connectivity index (χ1) is 9.79. The third kappa shape index (κ3) is 2.71. The van der Waals surface area contributed by atoms with E-state index >= 15 is 0 Å². The molecule has 2 unspecified atom stereocenters. The minimum absolute atomic E-state index is 0.112. The Kier molecular flexibility index (Phi) is 4.29. The number of hydrogen-bond acceptors (Lipinski definition) is 3. The second-order valence-electron chi connectivity index (χ2n) is 5.29. The van der Waals surface area contributed by atoms with Crippen LogP contribution in [0.25, 0.3) is 11.0 Å². The lowest BCUT2D eigenvalue weighted by Crippen LogP contribution is -2.31. The van der Waals surface area contributed by atoms with Crippen molar-refractivity contribution in [1.29, 1.82) is 0 Å². The third-order valence-electron chi connectivity index (χ3n) is 3.77. The van der Waals surface area contributed by atoms with E-state index in [1.807, 2.05) is 18.2 Å². The van der Waals surface area contributed by atoms with Crippen LogP contribution in [-0.2, 0) is 4.74 Å². The molecular formula is C16H20ClNO2. The molecule has 0 amide bonds. The van der Waals surface area contributed by atoms with Crippen molar-refractivity contribution in [3.63, 3.8) is 0 Å². The molecule has 0 radical (unpaired) electrons. The summed E-state index contributed by atoms with van der Waals surface area (Å²) in [7, 11) is 0. The Balaban J connectivity index is 1.93. The van der Waals surface area contributed by atoms with Crippen molar-refractivity contribution < 1.29 is 9.15 Å². The lowest BCUT2D eigenvalue weighted by molar-refractivity contribution is 0.0718. The smallest absolute Gasteiger partial charge is 0.152 e. The van der Waals surface area contributed by atoms with Crippen molar-refractivity contribution in [2.24, 2.45) is 0 Å². The fourth-order valence-corrected chi connectivity index (χ4v) is 3.00. The van der Waals surface area contributed by atoms with Gasteiger partial charge in [0.1, 0.15) is 5.76 Å². The highest BCUT2D eigenvalue weighted by Gasteiger charge is 2.29. The largest absolute Gasteiger partial charge is 0.458 e. The van der Waals surface area contributed by atoms with E-state index in [9.17, 15) is 0 Å². The van der Waals surface area contributed by atoms with Gasteiger partial charge in [-0.05, 0) is 37.9 Å². The average molecular weight is 294 g/mol. The van der Waals surface area contributed by atoms with E-state index in [1.54, 1.807) is 0 Å². The van der Waals surface area contributed by atoms with Gasteiger partial charge in [0.15, 0.2) is 5.58 Å². The van der Waals surface area contributed by atoms with E-state index in [2.05, 4.69) is 18.3 Å².